The van der Waals surface area contributed by atoms with E-state index in [0.717, 1.165) is 5.71 Å². The van der Waals surface area contributed by atoms with E-state index in [1.54, 1.807) is 13.0 Å². The number of benzene rings is 1. The van der Waals surface area contributed by atoms with E-state index < -0.39 is 0 Å². The van der Waals surface area contributed by atoms with Crippen LogP contribution in [-0.4, -0.2) is 16.7 Å². The lowest BCUT2D eigenvalue weighted by Gasteiger charge is -2.13. The molecule has 4 nitrogen and oxygen atoms in total. The number of hydrogen-bond acceptors (Lipinski definition) is 3. The van der Waals surface area contributed by atoms with E-state index in [1.165, 1.54) is 17.1 Å². The van der Waals surface area contributed by atoms with Gasteiger partial charge in [0.15, 0.2) is 0 Å². The van der Waals surface area contributed by atoms with Crippen LogP contribution in [0.15, 0.2) is 23.3 Å². The summed E-state index contributed by atoms with van der Waals surface area (Å²) in [6.07, 6.45) is 0.284. The Bertz CT molecular complexity index is 457. The van der Waals surface area contributed by atoms with E-state index in [4.69, 9.17) is 11.6 Å². The van der Waals surface area contributed by atoms with Gasteiger partial charge in [-0.1, -0.05) is 11.6 Å². The number of amides is 1. The zero-order valence-corrected chi connectivity index (χ0v) is 8.82. The molecule has 5 heteroatoms. The third-order valence-electron chi connectivity index (χ3n) is 2.08. The Balaban J connectivity index is 2.45. The van der Waals surface area contributed by atoms with Crippen molar-refractivity contribution < 1.29 is 9.90 Å². The molecule has 1 aliphatic heterocycles. The zero-order chi connectivity index (χ0) is 11.0. The predicted molar refractivity (Wildman–Crippen MR) is 58.3 cm³/mol. The lowest BCUT2D eigenvalue weighted by Crippen LogP contribution is -2.19. The van der Waals surface area contributed by atoms with Crippen LogP contribution in [0.2, 0.25) is 5.02 Å². The fraction of sp³-hybridized carbons (Fsp3) is 0.200. The number of phenolic OH excluding ortho intramolecular Hbond substituents is 1. The van der Waals surface area contributed by atoms with Crippen molar-refractivity contribution in [2.45, 2.75) is 13.3 Å². The highest BCUT2D eigenvalue weighted by Crippen LogP contribution is 2.32. The lowest BCUT2D eigenvalue weighted by atomic mass is 10.2. The summed E-state index contributed by atoms with van der Waals surface area (Å²) in [4.78, 5) is 11.5. The number of carbonyl (C=O) groups is 1. The van der Waals surface area contributed by atoms with Crippen LogP contribution in [0.25, 0.3) is 0 Å². The van der Waals surface area contributed by atoms with Gasteiger partial charge in [-0.05, 0) is 25.1 Å². The van der Waals surface area contributed by atoms with Crippen molar-refractivity contribution in [3.05, 3.63) is 23.2 Å². The van der Waals surface area contributed by atoms with Crippen molar-refractivity contribution in [1.29, 1.82) is 0 Å². The molecule has 1 N–H and O–H groups in total. The topological polar surface area (TPSA) is 52.9 Å². The first-order valence-electron chi connectivity index (χ1n) is 4.43. The molecule has 0 atom stereocenters. The summed E-state index contributed by atoms with van der Waals surface area (Å²) < 4.78 is 0. The summed E-state index contributed by atoms with van der Waals surface area (Å²) in [6, 6.07) is 4.50. The molecule has 1 heterocycles. The number of nitrogens with zero attached hydrogens (tertiary/aromatic N) is 2. The van der Waals surface area contributed by atoms with Gasteiger partial charge in [0.1, 0.15) is 11.4 Å². The Hall–Kier alpha value is -1.55. The van der Waals surface area contributed by atoms with Crippen molar-refractivity contribution >= 4 is 28.9 Å². The van der Waals surface area contributed by atoms with Crippen molar-refractivity contribution in [2.24, 2.45) is 5.10 Å². The number of hydrazone groups is 1. The average Bonchev–Trinajstić information content (AvgIpc) is 2.50. The van der Waals surface area contributed by atoms with Crippen LogP contribution in [0.4, 0.5) is 5.69 Å². The van der Waals surface area contributed by atoms with Gasteiger partial charge in [-0.25, -0.2) is 0 Å². The molecular formula is C10H9ClN2O2. The predicted octanol–water partition coefficient (Wildman–Crippen LogP) is 2.16. The molecule has 0 aliphatic carbocycles. The molecule has 2 rings (SSSR count). The van der Waals surface area contributed by atoms with Crippen LogP contribution in [0.3, 0.4) is 0 Å². The monoisotopic (exact) mass is 224 g/mol. The normalized spacial score (nSPS) is 15.7. The number of halogens is 1. The van der Waals surface area contributed by atoms with Crippen LogP contribution in [0, 0.1) is 0 Å². The zero-order valence-electron chi connectivity index (χ0n) is 8.07. The maximum Gasteiger partial charge on any atom is 0.253 e. The number of rotatable bonds is 1. The van der Waals surface area contributed by atoms with Crippen LogP contribution >= 0.6 is 11.6 Å². The van der Waals surface area contributed by atoms with E-state index in [9.17, 15) is 9.90 Å². The Morgan fingerprint density at radius 2 is 2.27 bits per heavy atom. The molecule has 1 aliphatic rings. The second-order valence-electron chi connectivity index (χ2n) is 3.35. The summed E-state index contributed by atoms with van der Waals surface area (Å²) in [5.74, 6) is -0.170. The maximum absolute atomic E-state index is 11.5. The number of hydrogen-bond donors (Lipinski definition) is 1. The Morgan fingerprint density at radius 1 is 1.53 bits per heavy atom. The third-order valence-corrected chi connectivity index (χ3v) is 2.31. The van der Waals surface area contributed by atoms with Crippen molar-refractivity contribution in [3.8, 4) is 5.75 Å². The first-order chi connectivity index (χ1) is 7.08. The summed E-state index contributed by atoms with van der Waals surface area (Å²) in [5.41, 5.74) is 1.05. The van der Waals surface area contributed by atoms with Gasteiger partial charge in [0.25, 0.3) is 5.91 Å². The highest BCUT2D eigenvalue weighted by atomic mass is 35.5. The summed E-state index contributed by atoms with van der Waals surface area (Å²) >= 11 is 5.78. The second kappa shape index (κ2) is 3.55. The molecule has 0 aromatic heterocycles. The van der Waals surface area contributed by atoms with Gasteiger partial charge in [-0.15, -0.1) is 0 Å². The molecule has 78 valence electrons. The minimum Gasteiger partial charge on any atom is -0.506 e. The van der Waals surface area contributed by atoms with Crippen LogP contribution in [0.1, 0.15) is 13.3 Å². The first kappa shape index (κ1) is 9.98. The van der Waals surface area contributed by atoms with E-state index in [-0.39, 0.29) is 18.1 Å². The Morgan fingerprint density at radius 3 is 2.87 bits per heavy atom. The van der Waals surface area contributed by atoms with Gasteiger partial charge in [0.05, 0.1) is 6.42 Å². The average molecular weight is 225 g/mol. The van der Waals surface area contributed by atoms with Crippen LogP contribution in [-0.2, 0) is 4.79 Å². The van der Waals surface area contributed by atoms with E-state index in [1.807, 2.05) is 0 Å². The number of phenols is 1. The summed E-state index contributed by atoms with van der Waals surface area (Å²) in [5, 5.41) is 15.2. The highest BCUT2D eigenvalue weighted by molar-refractivity contribution is 6.31. The number of anilines is 1. The SMILES string of the molecule is CC1=NN(c2cc(Cl)ccc2O)C(=O)C1. The first-order valence-corrected chi connectivity index (χ1v) is 4.81. The minimum absolute atomic E-state index is 0.00815. The van der Waals surface area contributed by atoms with Gasteiger partial charge in [-0.2, -0.15) is 10.1 Å². The van der Waals surface area contributed by atoms with Crippen molar-refractivity contribution in [2.75, 3.05) is 5.01 Å². The van der Waals surface area contributed by atoms with E-state index >= 15 is 0 Å². The summed E-state index contributed by atoms with van der Waals surface area (Å²) in [6.45, 7) is 1.76. The van der Waals surface area contributed by atoms with Gasteiger partial charge in [-0.3, -0.25) is 4.79 Å². The second-order valence-corrected chi connectivity index (χ2v) is 3.79. The molecule has 1 aromatic carbocycles. The highest BCUT2D eigenvalue weighted by Gasteiger charge is 2.24. The molecule has 15 heavy (non-hydrogen) atoms. The Kier molecular flexibility index (Phi) is 2.36. The standard InChI is InChI=1S/C10H9ClN2O2/c1-6-4-10(15)13(12-6)8-5-7(11)2-3-9(8)14/h2-3,5,14H,4H2,1H3. The smallest absolute Gasteiger partial charge is 0.253 e. The fourth-order valence-electron chi connectivity index (χ4n) is 1.41. The minimum atomic E-state index is -0.162. The molecule has 0 spiro atoms. The molecular weight excluding hydrogens is 216 g/mol. The largest absolute Gasteiger partial charge is 0.506 e. The van der Waals surface area contributed by atoms with Crippen molar-refractivity contribution in [3.63, 3.8) is 0 Å². The molecule has 0 saturated heterocycles. The van der Waals surface area contributed by atoms with E-state index in [0.29, 0.717) is 10.7 Å². The fourth-order valence-corrected chi connectivity index (χ4v) is 1.58. The van der Waals surface area contributed by atoms with E-state index in [2.05, 4.69) is 5.10 Å². The van der Waals surface area contributed by atoms with Gasteiger partial charge in [0, 0.05) is 10.7 Å². The third kappa shape index (κ3) is 1.80. The summed E-state index contributed by atoms with van der Waals surface area (Å²) in [7, 11) is 0. The number of aromatic hydroxyl groups is 1. The lowest BCUT2D eigenvalue weighted by molar-refractivity contribution is -0.116. The maximum atomic E-state index is 11.5. The molecule has 1 aromatic rings. The molecule has 0 bridgehead atoms. The van der Waals surface area contributed by atoms with Gasteiger partial charge >= 0.3 is 0 Å². The van der Waals surface area contributed by atoms with Crippen LogP contribution in [0.5, 0.6) is 5.75 Å². The molecule has 1 amide bonds. The quantitative estimate of drug-likeness (QED) is 0.795. The Labute approximate surface area is 91.8 Å². The van der Waals surface area contributed by atoms with Gasteiger partial charge in [0.2, 0.25) is 0 Å². The molecule has 0 saturated carbocycles. The molecule has 0 fully saturated rings. The number of carbonyl (C=O) groups excluding carboxylic acids is 1. The molecule has 0 unspecified atom stereocenters. The van der Waals surface area contributed by atoms with Crippen molar-refractivity contribution in [1.82, 2.24) is 0 Å². The molecule has 0 radical (unpaired) electrons. The van der Waals surface area contributed by atoms with Gasteiger partial charge < -0.3 is 5.11 Å². The van der Waals surface area contributed by atoms with Crippen LogP contribution < -0.4 is 5.01 Å².